The number of hydrogen-bond donors (Lipinski definition) is 1. The second-order valence-corrected chi connectivity index (χ2v) is 6.97. The Labute approximate surface area is 121 Å². The molecule has 0 bridgehead atoms. The molecule has 0 saturated heterocycles. The van der Waals surface area contributed by atoms with Crippen molar-refractivity contribution in [2.45, 2.75) is 52.1 Å². The maximum atomic E-state index is 6.02. The van der Waals surface area contributed by atoms with Crippen molar-refractivity contribution in [3.63, 3.8) is 0 Å². The largest absolute Gasteiger partial charge is 0.320 e. The average Bonchev–Trinajstić information content (AvgIpc) is 2.77. The van der Waals surface area contributed by atoms with Crippen molar-refractivity contribution in [1.29, 1.82) is 0 Å². The van der Waals surface area contributed by atoms with E-state index < -0.39 is 5.54 Å². The van der Waals surface area contributed by atoms with E-state index in [1.54, 1.807) is 0 Å². The minimum atomic E-state index is -0.450. The van der Waals surface area contributed by atoms with Gasteiger partial charge in [0.1, 0.15) is 5.69 Å². The highest BCUT2D eigenvalue weighted by Crippen LogP contribution is 2.22. The lowest BCUT2D eigenvalue weighted by Crippen LogP contribution is -2.29. The first-order valence-corrected chi connectivity index (χ1v) is 6.95. The summed E-state index contributed by atoms with van der Waals surface area (Å²) in [6.07, 6.45) is 1.91. The third kappa shape index (κ3) is 3.45. The van der Waals surface area contributed by atoms with Crippen molar-refractivity contribution >= 4 is 0 Å². The van der Waals surface area contributed by atoms with Crippen LogP contribution in [0.4, 0.5) is 0 Å². The Hall–Kier alpha value is -1.68. The quantitative estimate of drug-likeness (QED) is 0.934. The van der Waals surface area contributed by atoms with Crippen LogP contribution in [-0.2, 0) is 17.5 Å². The third-order valence-corrected chi connectivity index (χ3v) is 3.36. The molecule has 2 N–H and O–H groups in total. The number of hydrogen-bond acceptors (Lipinski definition) is 3. The Kier molecular flexibility index (Phi) is 3.69. The fourth-order valence-corrected chi connectivity index (χ4v) is 1.97. The summed E-state index contributed by atoms with van der Waals surface area (Å²) in [5.74, 6) is 0. The fourth-order valence-electron chi connectivity index (χ4n) is 1.97. The predicted octanol–water partition coefficient (Wildman–Crippen LogP) is 2.82. The number of benzene rings is 1. The zero-order valence-electron chi connectivity index (χ0n) is 13.0. The molecule has 2 rings (SSSR count). The predicted molar refractivity (Wildman–Crippen MR) is 81.5 cm³/mol. The second-order valence-electron chi connectivity index (χ2n) is 6.97. The molecule has 0 saturated carbocycles. The van der Waals surface area contributed by atoms with Gasteiger partial charge >= 0.3 is 0 Å². The summed E-state index contributed by atoms with van der Waals surface area (Å²) < 4.78 is 1.83. The van der Waals surface area contributed by atoms with Gasteiger partial charge in [-0.05, 0) is 30.4 Å². The van der Waals surface area contributed by atoms with Gasteiger partial charge in [0.2, 0.25) is 0 Å². The first-order valence-electron chi connectivity index (χ1n) is 6.95. The number of aromatic nitrogens is 3. The highest BCUT2D eigenvalue weighted by atomic mass is 15.4. The van der Waals surface area contributed by atoms with Crippen molar-refractivity contribution in [2.24, 2.45) is 5.73 Å². The molecule has 0 spiro atoms. The minimum absolute atomic E-state index is 0.183. The molecule has 0 radical (unpaired) electrons. The monoisotopic (exact) mass is 272 g/mol. The number of nitrogens with two attached hydrogens (primary N) is 1. The van der Waals surface area contributed by atoms with E-state index in [-0.39, 0.29) is 5.41 Å². The van der Waals surface area contributed by atoms with Gasteiger partial charge in [-0.1, -0.05) is 50.3 Å². The zero-order valence-corrected chi connectivity index (χ0v) is 13.0. The molecule has 0 aliphatic carbocycles. The van der Waals surface area contributed by atoms with Crippen molar-refractivity contribution in [2.75, 3.05) is 0 Å². The third-order valence-electron chi connectivity index (χ3n) is 3.36. The van der Waals surface area contributed by atoms with E-state index in [9.17, 15) is 0 Å². The molecule has 20 heavy (non-hydrogen) atoms. The minimum Gasteiger partial charge on any atom is -0.320 e. The first kappa shape index (κ1) is 14.7. The molecule has 1 aromatic heterocycles. The lowest BCUT2D eigenvalue weighted by atomic mass is 9.87. The van der Waals surface area contributed by atoms with Gasteiger partial charge in [-0.2, -0.15) is 0 Å². The maximum absolute atomic E-state index is 6.02. The highest BCUT2D eigenvalue weighted by molar-refractivity contribution is 5.27. The first-order chi connectivity index (χ1) is 9.16. The Balaban J connectivity index is 2.13. The van der Waals surface area contributed by atoms with E-state index in [0.717, 1.165) is 5.69 Å². The molecular weight excluding hydrogens is 248 g/mol. The van der Waals surface area contributed by atoms with Crippen molar-refractivity contribution < 1.29 is 0 Å². The van der Waals surface area contributed by atoms with Gasteiger partial charge in [0.15, 0.2) is 0 Å². The van der Waals surface area contributed by atoms with Crippen LogP contribution in [0.5, 0.6) is 0 Å². The molecule has 0 atom stereocenters. The number of nitrogens with zero attached hydrogens (tertiary/aromatic N) is 3. The van der Waals surface area contributed by atoms with Crippen LogP contribution in [0.25, 0.3) is 0 Å². The van der Waals surface area contributed by atoms with Gasteiger partial charge in [-0.15, -0.1) is 5.10 Å². The van der Waals surface area contributed by atoms with Crippen LogP contribution in [0, 0.1) is 0 Å². The Morgan fingerprint density at radius 1 is 1.05 bits per heavy atom. The van der Waals surface area contributed by atoms with E-state index in [1.165, 1.54) is 11.1 Å². The smallest absolute Gasteiger partial charge is 0.102 e. The highest BCUT2D eigenvalue weighted by Gasteiger charge is 2.18. The molecular formula is C16H24N4. The lowest BCUT2D eigenvalue weighted by molar-refractivity contribution is 0.533. The molecule has 108 valence electrons. The van der Waals surface area contributed by atoms with Gasteiger partial charge in [-0.3, -0.25) is 0 Å². The van der Waals surface area contributed by atoms with Gasteiger partial charge in [0.05, 0.1) is 18.3 Å². The molecule has 0 fully saturated rings. The van der Waals surface area contributed by atoms with Gasteiger partial charge in [0.25, 0.3) is 0 Å². The molecule has 1 heterocycles. The summed E-state index contributed by atoms with van der Waals surface area (Å²) in [5, 5.41) is 8.26. The van der Waals surface area contributed by atoms with E-state index in [0.29, 0.717) is 6.54 Å². The molecule has 0 unspecified atom stereocenters. The van der Waals surface area contributed by atoms with Gasteiger partial charge in [0, 0.05) is 0 Å². The topological polar surface area (TPSA) is 56.7 Å². The van der Waals surface area contributed by atoms with Crippen molar-refractivity contribution in [3.05, 3.63) is 47.3 Å². The zero-order chi connectivity index (χ0) is 15.0. The normalized spacial score (nSPS) is 12.7. The van der Waals surface area contributed by atoms with Crippen molar-refractivity contribution in [1.82, 2.24) is 15.0 Å². The van der Waals surface area contributed by atoms with E-state index in [4.69, 9.17) is 5.73 Å². The van der Waals surface area contributed by atoms with E-state index >= 15 is 0 Å². The SMILES string of the molecule is CC(C)(C)c1ccc(Cn2cc(C(C)(C)N)nn2)cc1. The van der Waals surface area contributed by atoms with Gasteiger partial charge in [-0.25, -0.2) is 4.68 Å². The second kappa shape index (κ2) is 5.02. The lowest BCUT2D eigenvalue weighted by Gasteiger charge is -2.19. The molecule has 2 aromatic rings. The van der Waals surface area contributed by atoms with Crippen LogP contribution in [-0.4, -0.2) is 15.0 Å². The average molecular weight is 272 g/mol. The molecule has 0 aliphatic heterocycles. The standard InChI is InChI=1S/C16H24N4/c1-15(2,3)13-8-6-12(7-9-13)10-20-11-14(18-19-20)16(4,5)17/h6-9,11H,10,17H2,1-5H3. The van der Waals surface area contributed by atoms with Crippen molar-refractivity contribution in [3.8, 4) is 0 Å². The molecule has 0 amide bonds. The van der Waals surface area contributed by atoms with Crippen LogP contribution in [0.1, 0.15) is 51.4 Å². The van der Waals surface area contributed by atoms with Crippen LogP contribution < -0.4 is 5.73 Å². The fraction of sp³-hybridized carbons (Fsp3) is 0.500. The van der Waals surface area contributed by atoms with E-state index in [1.807, 2.05) is 24.7 Å². The molecule has 1 aromatic carbocycles. The molecule has 4 nitrogen and oxygen atoms in total. The summed E-state index contributed by atoms with van der Waals surface area (Å²) in [7, 11) is 0. The van der Waals surface area contributed by atoms with Crippen LogP contribution in [0.2, 0.25) is 0 Å². The Morgan fingerprint density at radius 3 is 2.10 bits per heavy atom. The molecule has 4 heteroatoms. The Bertz CT molecular complexity index is 568. The van der Waals surface area contributed by atoms with Crippen LogP contribution in [0.15, 0.2) is 30.5 Å². The summed E-state index contributed by atoms with van der Waals surface area (Å²) >= 11 is 0. The van der Waals surface area contributed by atoms with Gasteiger partial charge < -0.3 is 5.73 Å². The summed E-state index contributed by atoms with van der Waals surface area (Å²) in [6.45, 7) is 11.2. The summed E-state index contributed by atoms with van der Waals surface area (Å²) in [5.41, 5.74) is 9.11. The van der Waals surface area contributed by atoms with Crippen LogP contribution >= 0.6 is 0 Å². The van der Waals surface area contributed by atoms with Crippen LogP contribution in [0.3, 0.4) is 0 Å². The van der Waals surface area contributed by atoms with E-state index in [2.05, 4.69) is 55.3 Å². The summed E-state index contributed by atoms with van der Waals surface area (Å²) in [6, 6.07) is 8.66. The number of rotatable bonds is 3. The molecule has 0 aliphatic rings. The maximum Gasteiger partial charge on any atom is 0.102 e. The summed E-state index contributed by atoms with van der Waals surface area (Å²) in [4.78, 5) is 0. The Morgan fingerprint density at radius 2 is 1.65 bits per heavy atom.